The van der Waals surface area contributed by atoms with Crippen LogP contribution in [0.15, 0.2) is 18.2 Å². The third-order valence-electron chi connectivity index (χ3n) is 3.06. The Morgan fingerprint density at radius 3 is 3.18 bits per heavy atom. The fraction of sp³-hybridized carbons (Fsp3) is 0.583. The number of hydrogen-bond donors (Lipinski definition) is 2. The van der Waals surface area contributed by atoms with E-state index in [1.165, 1.54) is 6.42 Å². The molecule has 0 saturated carbocycles. The monoisotopic (exact) mass is 236 g/mol. The number of anilines is 2. The second-order valence-electron chi connectivity index (χ2n) is 4.49. The number of nitrogens with zero attached hydrogens (tertiary/aromatic N) is 2. The first kappa shape index (κ1) is 12.1. The zero-order chi connectivity index (χ0) is 12.1. The largest absolute Gasteiger partial charge is 0.381 e. The van der Waals surface area contributed by atoms with Gasteiger partial charge in [-0.1, -0.05) is 6.07 Å². The summed E-state index contributed by atoms with van der Waals surface area (Å²) in [4.78, 5) is 6.56. The standard InChI is InChI=1S/C12H20N4O/c1-16(8-10-4-3-7-17-9-10)12-6-2-5-11(14-12)15-13/h2,5-6,10H,3-4,7-9,13H2,1H3,(H,14,15). The summed E-state index contributed by atoms with van der Waals surface area (Å²) in [5.41, 5.74) is 2.56. The fourth-order valence-corrected chi connectivity index (χ4v) is 2.15. The summed E-state index contributed by atoms with van der Waals surface area (Å²) in [7, 11) is 2.05. The molecule has 1 unspecified atom stereocenters. The van der Waals surface area contributed by atoms with Crippen molar-refractivity contribution in [3.63, 3.8) is 0 Å². The van der Waals surface area contributed by atoms with Crippen molar-refractivity contribution in [1.82, 2.24) is 4.98 Å². The Kier molecular flexibility index (Phi) is 4.17. The molecular weight excluding hydrogens is 216 g/mol. The summed E-state index contributed by atoms with van der Waals surface area (Å²) >= 11 is 0. The first-order chi connectivity index (χ1) is 8.29. The highest BCUT2D eigenvalue weighted by atomic mass is 16.5. The molecule has 5 heteroatoms. The molecule has 2 heterocycles. The molecule has 1 fully saturated rings. The van der Waals surface area contributed by atoms with Crippen molar-refractivity contribution in [2.24, 2.45) is 11.8 Å². The molecule has 1 saturated heterocycles. The molecule has 1 aromatic heterocycles. The van der Waals surface area contributed by atoms with Gasteiger partial charge in [0, 0.05) is 20.2 Å². The molecule has 0 aliphatic carbocycles. The molecular formula is C12H20N4O. The summed E-state index contributed by atoms with van der Waals surface area (Å²) in [5, 5.41) is 0. The van der Waals surface area contributed by atoms with Crippen molar-refractivity contribution >= 4 is 11.6 Å². The van der Waals surface area contributed by atoms with E-state index in [1.807, 2.05) is 18.2 Å². The van der Waals surface area contributed by atoms with Gasteiger partial charge in [-0.2, -0.15) is 0 Å². The number of hydrogen-bond acceptors (Lipinski definition) is 5. The van der Waals surface area contributed by atoms with Gasteiger partial charge >= 0.3 is 0 Å². The van der Waals surface area contributed by atoms with Crippen molar-refractivity contribution < 1.29 is 4.74 Å². The van der Waals surface area contributed by atoms with Crippen LogP contribution in [0.1, 0.15) is 12.8 Å². The van der Waals surface area contributed by atoms with Crippen LogP contribution in [0.5, 0.6) is 0 Å². The lowest BCUT2D eigenvalue weighted by Crippen LogP contribution is -2.31. The molecule has 0 aromatic carbocycles. The van der Waals surface area contributed by atoms with Crippen LogP contribution < -0.4 is 16.2 Å². The Morgan fingerprint density at radius 2 is 2.47 bits per heavy atom. The lowest BCUT2D eigenvalue weighted by Gasteiger charge is -2.27. The first-order valence-corrected chi connectivity index (χ1v) is 6.02. The minimum Gasteiger partial charge on any atom is -0.381 e. The van der Waals surface area contributed by atoms with Crippen LogP contribution in [0.2, 0.25) is 0 Å². The van der Waals surface area contributed by atoms with Crippen molar-refractivity contribution in [3.8, 4) is 0 Å². The van der Waals surface area contributed by atoms with E-state index in [4.69, 9.17) is 10.6 Å². The van der Waals surface area contributed by atoms with Crippen LogP contribution in [-0.2, 0) is 4.74 Å². The number of nitrogen functional groups attached to an aromatic ring is 1. The van der Waals surface area contributed by atoms with Crippen LogP contribution >= 0.6 is 0 Å². The summed E-state index contributed by atoms with van der Waals surface area (Å²) in [5.74, 6) is 7.58. The van der Waals surface area contributed by atoms with Crippen molar-refractivity contribution in [3.05, 3.63) is 18.2 Å². The Bertz CT molecular complexity index is 352. The Hall–Kier alpha value is -1.33. The van der Waals surface area contributed by atoms with Gasteiger partial charge < -0.3 is 15.1 Å². The van der Waals surface area contributed by atoms with Gasteiger partial charge in [-0.3, -0.25) is 0 Å². The highest BCUT2D eigenvalue weighted by molar-refractivity contribution is 5.45. The summed E-state index contributed by atoms with van der Waals surface area (Å²) in [6.07, 6.45) is 2.40. The number of rotatable bonds is 4. The van der Waals surface area contributed by atoms with E-state index in [0.29, 0.717) is 11.7 Å². The predicted octanol–water partition coefficient (Wildman–Crippen LogP) is 1.23. The molecule has 0 spiro atoms. The zero-order valence-electron chi connectivity index (χ0n) is 10.2. The van der Waals surface area contributed by atoms with Crippen LogP contribution in [0.3, 0.4) is 0 Å². The maximum atomic E-state index is 5.48. The number of hydrazine groups is 1. The van der Waals surface area contributed by atoms with Gasteiger partial charge in [-0.25, -0.2) is 10.8 Å². The summed E-state index contributed by atoms with van der Waals surface area (Å²) in [6.45, 7) is 2.74. The van der Waals surface area contributed by atoms with Gasteiger partial charge in [0.1, 0.15) is 11.6 Å². The maximum Gasteiger partial charge on any atom is 0.142 e. The molecule has 94 valence electrons. The Morgan fingerprint density at radius 1 is 1.59 bits per heavy atom. The molecule has 5 nitrogen and oxygen atoms in total. The minimum atomic E-state index is 0.602. The van der Waals surface area contributed by atoms with E-state index in [2.05, 4.69) is 22.4 Å². The number of pyridine rings is 1. The average molecular weight is 236 g/mol. The van der Waals surface area contributed by atoms with Crippen molar-refractivity contribution in [2.45, 2.75) is 12.8 Å². The zero-order valence-corrected chi connectivity index (χ0v) is 10.2. The summed E-state index contributed by atoms with van der Waals surface area (Å²) < 4.78 is 5.48. The molecule has 0 radical (unpaired) electrons. The molecule has 0 amide bonds. The SMILES string of the molecule is CN(CC1CCCOC1)c1cccc(NN)n1. The lowest BCUT2D eigenvalue weighted by atomic mass is 10.0. The minimum absolute atomic E-state index is 0.602. The highest BCUT2D eigenvalue weighted by Crippen LogP contribution is 2.18. The predicted molar refractivity (Wildman–Crippen MR) is 68.9 cm³/mol. The normalized spacial score (nSPS) is 20.0. The Balaban J connectivity index is 1.95. The van der Waals surface area contributed by atoms with E-state index in [0.717, 1.165) is 32.0 Å². The molecule has 2 rings (SSSR count). The average Bonchev–Trinajstić information content (AvgIpc) is 2.40. The quantitative estimate of drug-likeness (QED) is 0.608. The van der Waals surface area contributed by atoms with Gasteiger partial charge in [0.2, 0.25) is 0 Å². The number of ether oxygens (including phenoxy) is 1. The lowest BCUT2D eigenvalue weighted by molar-refractivity contribution is 0.0576. The topological polar surface area (TPSA) is 63.4 Å². The molecule has 1 aromatic rings. The fourth-order valence-electron chi connectivity index (χ4n) is 2.15. The van der Waals surface area contributed by atoms with Gasteiger partial charge in [-0.05, 0) is 30.9 Å². The van der Waals surface area contributed by atoms with E-state index in [9.17, 15) is 0 Å². The van der Waals surface area contributed by atoms with E-state index in [1.54, 1.807) is 0 Å². The number of aromatic nitrogens is 1. The first-order valence-electron chi connectivity index (χ1n) is 6.02. The van der Waals surface area contributed by atoms with Crippen LogP contribution in [0, 0.1) is 5.92 Å². The maximum absolute atomic E-state index is 5.48. The molecule has 0 bridgehead atoms. The van der Waals surface area contributed by atoms with Crippen molar-refractivity contribution in [1.29, 1.82) is 0 Å². The molecule has 3 N–H and O–H groups in total. The van der Waals surface area contributed by atoms with E-state index < -0.39 is 0 Å². The molecule has 1 atom stereocenters. The van der Waals surface area contributed by atoms with E-state index >= 15 is 0 Å². The number of nitrogens with two attached hydrogens (primary N) is 1. The second kappa shape index (κ2) is 5.84. The number of nitrogens with one attached hydrogen (secondary N) is 1. The third-order valence-corrected chi connectivity index (χ3v) is 3.06. The Labute approximate surface area is 102 Å². The second-order valence-corrected chi connectivity index (χ2v) is 4.49. The van der Waals surface area contributed by atoms with Crippen LogP contribution in [0.25, 0.3) is 0 Å². The van der Waals surface area contributed by atoms with Crippen molar-refractivity contribution in [2.75, 3.05) is 37.1 Å². The molecule has 1 aliphatic rings. The van der Waals surface area contributed by atoms with Gasteiger partial charge in [0.05, 0.1) is 6.61 Å². The van der Waals surface area contributed by atoms with Crippen LogP contribution in [-0.4, -0.2) is 31.8 Å². The van der Waals surface area contributed by atoms with Crippen LogP contribution in [0.4, 0.5) is 11.6 Å². The van der Waals surface area contributed by atoms with E-state index in [-0.39, 0.29) is 0 Å². The van der Waals surface area contributed by atoms with Gasteiger partial charge in [0.25, 0.3) is 0 Å². The molecule has 17 heavy (non-hydrogen) atoms. The smallest absolute Gasteiger partial charge is 0.142 e. The van der Waals surface area contributed by atoms with Gasteiger partial charge in [-0.15, -0.1) is 0 Å². The third kappa shape index (κ3) is 3.31. The molecule has 1 aliphatic heterocycles. The summed E-state index contributed by atoms with van der Waals surface area (Å²) in [6, 6.07) is 5.79. The highest BCUT2D eigenvalue weighted by Gasteiger charge is 2.16. The van der Waals surface area contributed by atoms with Gasteiger partial charge in [0.15, 0.2) is 0 Å².